The van der Waals surface area contributed by atoms with E-state index in [-0.39, 0.29) is 23.7 Å². The summed E-state index contributed by atoms with van der Waals surface area (Å²) in [6, 6.07) is 1.94. The van der Waals surface area contributed by atoms with Crippen LogP contribution in [-0.4, -0.2) is 27.9 Å². The Morgan fingerprint density at radius 1 is 1.31 bits per heavy atom. The minimum Gasteiger partial charge on any atom is -0.352 e. The van der Waals surface area contributed by atoms with E-state index in [1.165, 1.54) is 6.42 Å². The molecule has 7 heteroatoms. The van der Waals surface area contributed by atoms with Gasteiger partial charge in [0.1, 0.15) is 0 Å². The fourth-order valence-corrected chi connectivity index (χ4v) is 3.03. The fourth-order valence-electron chi connectivity index (χ4n) is 3.03. The van der Waals surface area contributed by atoms with Crippen molar-refractivity contribution in [3.8, 4) is 6.07 Å². The zero-order valence-electron chi connectivity index (χ0n) is 15.9. The Kier molecular flexibility index (Phi) is 6.90. The molecule has 26 heavy (non-hydrogen) atoms. The summed E-state index contributed by atoms with van der Waals surface area (Å²) in [5.41, 5.74) is -0.194. The average molecular weight is 360 g/mol. The van der Waals surface area contributed by atoms with Gasteiger partial charge in [-0.25, -0.2) is 0 Å². The lowest BCUT2D eigenvalue weighted by Gasteiger charge is -2.23. The second kappa shape index (κ2) is 8.93. The number of aryl methyl sites for hydroxylation is 1. The number of carbonyl (C=O) groups excluding carboxylic acids is 2. The van der Waals surface area contributed by atoms with Crippen LogP contribution in [0.1, 0.15) is 77.4 Å². The molecule has 1 heterocycles. The van der Waals surface area contributed by atoms with E-state index in [1.807, 2.05) is 26.8 Å². The number of nitrogens with one attached hydrogen (secondary N) is 1. The van der Waals surface area contributed by atoms with Crippen LogP contribution in [0.15, 0.2) is 4.52 Å². The van der Waals surface area contributed by atoms with E-state index in [1.54, 1.807) is 0 Å². The van der Waals surface area contributed by atoms with Gasteiger partial charge < -0.3 is 9.84 Å². The van der Waals surface area contributed by atoms with E-state index in [9.17, 15) is 14.9 Å². The number of rotatable bonds is 7. The number of amides is 1. The third-order valence-electron chi connectivity index (χ3n) is 4.62. The van der Waals surface area contributed by atoms with Gasteiger partial charge in [-0.15, -0.1) is 0 Å². The van der Waals surface area contributed by atoms with E-state index in [2.05, 4.69) is 15.5 Å². The predicted molar refractivity (Wildman–Crippen MR) is 95.1 cm³/mol. The Labute approximate surface area is 154 Å². The van der Waals surface area contributed by atoms with Crippen LogP contribution < -0.4 is 5.32 Å². The smallest absolute Gasteiger partial charge is 0.245 e. The van der Waals surface area contributed by atoms with Gasteiger partial charge in [0.2, 0.25) is 11.8 Å². The molecular weight excluding hydrogens is 332 g/mol. The first kappa shape index (κ1) is 20.1. The summed E-state index contributed by atoms with van der Waals surface area (Å²) in [6.07, 6.45) is 6.25. The molecule has 0 bridgehead atoms. The largest absolute Gasteiger partial charge is 0.352 e. The number of hydrogen-bond acceptors (Lipinski definition) is 6. The molecule has 1 saturated carbocycles. The van der Waals surface area contributed by atoms with Crippen molar-refractivity contribution in [3.05, 3.63) is 11.7 Å². The van der Waals surface area contributed by atoms with Gasteiger partial charge in [0.05, 0.1) is 6.07 Å². The van der Waals surface area contributed by atoms with Crippen LogP contribution in [0.3, 0.4) is 0 Å². The number of ketones is 1. The highest BCUT2D eigenvalue weighted by Gasteiger charge is 2.28. The Morgan fingerprint density at radius 3 is 2.58 bits per heavy atom. The van der Waals surface area contributed by atoms with Crippen LogP contribution in [0.2, 0.25) is 0 Å². The van der Waals surface area contributed by atoms with Gasteiger partial charge >= 0.3 is 0 Å². The highest BCUT2D eigenvalue weighted by atomic mass is 16.5. The standard InChI is InChI=1S/C19H28N4O3/c1-19(2,3)18-22-16(26-23-18)11-7-10-15(24)14(12-20)17(25)21-13-8-5-4-6-9-13/h13-14H,4-11H2,1-3H3,(H,21,25). The summed E-state index contributed by atoms with van der Waals surface area (Å²) in [5, 5.41) is 16.0. The van der Waals surface area contributed by atoms with E-state index in [4.69, 9.17) is 4.52 Å². The molecule has 0 aliphatic heterocycles. The van der Waals surface area contributed by atoms with Gasteiger partial charge in [-0.1, -0.05) is 45.2 Å². The van der Waals surface area contributed by atoms with Crippen LogP contribution in [0.5, 0.6) is 0 Å². The van der Waals surface area contributed by atoms with Gasteiger partial charge in [-0.3, -0.25) is 9.59 Å². The number of nitriles is 1. The Bertz CT molecular complexity index is 663. The van der Waals surface area contributed by atoms with Gasteiger partial charge in [0.25, 0.3) is 0 Å². The Morgan fingerprint density at radius 2 is 2.00 bits per heavy atom. The molecule has 142 valence electrons. The van der Waals surface area contributed by atoms with Crippen molar-refractivity contribution in [1.82, 2.24) is 15.5 Å². The van der Waals surface area contributed by atoms with Gasteiger partial charge in [-0.05, 0) is 19.3 Å². The maximum absolute atomic E-state index is 12.3. The van der Waals surface area contributed by atoms with Gasteiger partial charge in [0, 0.05) is 24.3 Å². The summed E-state index contributed by atoms with van der Waals surface area (Å²) < 4.78 is 5.19. The molecule has 2 rings (SSSR count). The molecule has 1 aromatic rings. The van der Waals surface area contributed by atoms with E-state index >= 15 is 0 Å². The molecule has 1 fully saturated rings. The highest BCUT2D eigenvalue weighted by molar-refractivity contribution is 6.04. The van der Waals surface area contributed by atoms with Crippen LogP contribution in [0, 0.1) is 17.2 Å². The molecule has 1 N–H and O–H groups in total. The lowest BCUT2D eigenvalue weighted by molar-refractivity contribution is -0.132. The minimum atomic E-state index is -1.23. The normalized spacial score (nSPS) is 16.7. The van der Waals surface area contributed by atoms with Crippen LogP contribution in [-0.2, 0) is 21.4 Å². The van der Waals surface area contributed by atoms with Crippen LogP contribution >= 0.6 is 0 Å². The molecule has 1 unspecified atom stereocenters. The number of hydrogen-bond donors (Lipinski definition) is 1. The first-order chi connectivity index (χ1) is 12.3. The van der Waals surface area contributed by atoms with Crippen molar-refractivity contribution in [1.29, 1.82) is 5.26 Å². The highest BCUT2D eigenvalue weighted by Crippen LogP contribution is 2.20. The summed E-state index contributed by atoms with van der Waals surface area (Å²) in [4.78, 5) is 28.8. The summed E-state index contributed by atoms with van der Waals surface area (Å²) in [7, 11) is 0. The molecule has 1 atom stereocenters. The SMILES string of the molecule is CC(C)(C)c1noc(CCCC(=O)C(C#N)C(=O)NC2CCCCC2)n1. The minimum absolute atomic E-state index is 0.0918. The first-order valence-corrected chi connectivity index (χ1v) is 9.37. The summed E-state index contributed by atoms with van der Waals surface area (Å²) >= 11 is 0. The monoisotopic (exact) mass is 360 g/mol. The molecule has 0 radical (unpaired) electrons. The zero-order valence-corrected chi connectivity index (χ0v) is 15.9. The topological polar surface area (TPSA) is 109 Å². The summed E-state index contributed by atoms with van der Waals surface area (Å²) in [6.45, 7) is 5.98. The fraction of sp³-hybridized carbons (Fsp3) is 0.737. The van der Waals surface area contributed by atoms with Gasteiger partial charge in [-0.2, -0.15) is 10.2 Å². The van der Waals surface area contributed by atoms with E-state index < -0.39 is 11.8 Å². The third-order valence-corrected chi connectivity index (χ3v) is 4.62. The molecule has 0 spiro atoms. The maximum atomic E-state index is 12.3. The first-order valence-electron chi connectivity index (χ1n) is 9.37. The number of Topliss-reactive ketones (excluding diaryl/α,β-unsaturated/α-hetero) is 1. The number of carbonyl (C=O) groups is 2. The van der Waals surface area contributed by atoms with Crippen molar-refractivity contribution >= 4 is 11.7 Å². The van der Waals surface area contributed by atoms with E-state index in [0.717, 1.165) is 25.7 Å². The molecule has 0 aromatic carbocycles. The van der Waals surface area contributed by atoms with Crippen molar-refractivity contribution in [2.24, 2.45) is 5.92 Å². The lowest BCUT2D eigenvalue weighted by atomic mass is 9.94. The second-order valence-corrected chi connectivity index (χ2v) is 7.99. The van der Waals surface area contributed by atoms with Crippen molar-refractivity contribution in [2.45, 2.75) is 83.6 Å². The predicted octanol–water partition coefficient (Wildman–Crippen LogP) is 2.85. The maximum Gasteiger partial charge on any atom is 0.245 e. The Balaban J connectivity index is 1.80. The van der Waals surface area contributed by atoms with Gasteiger partial charge in [0.15, 0.2) is 17.5 Å². The molecule has 1 aliphatic rings. The Hall–Kier alpha value is -2.23. The molecule has 0 saturated heterocycles. The average Bonchev–Trinajstić information content (AvgIpc) is 3.05. The molecule has 1 amide bonds. The quantitative estimate of drug-likeness (QED) is 0.749. The molecule has 1 aromatic heterocycles. The summed E-state index contributed by atoms with van der Waals surface area (Å²) in [5.74, 6) is -0.943. The van der Waals surface area contributed by atoms with Crippen LogP contribution in [0.25, 0.3) is 0 Å². The lowest BCUT2D eigenvalue weighted by Crippen LogP contribution is -2.42. The zero-order chi connectivity index (χ0) is 19.2. The van der Waals surface area contributed by atoms with Crippen molar-refractivity contribution in [3.63, 3.8) is 0 Å². The number of aromatic nitrogens is 2. The molecule has 1 aliphatic carbocycles. The number of nitrogens with zero attached hydrogens (tertiary/aromatic N) is 3. The van der Waals surface area contributed by atoms with E-state index in [0.29, 0.717) is 24.6 Å². The van der Waals surface area contributed by atoms with Crippen molar-refractivity contribution in [2.75, 3.05) is 0 Å². The molecular formula is C19H28N4O3. The molecule has 7 nitrogen and oxygen atoms in total. The second-order valence-electron chi connectivity index (χ2n) is 7.99. The third kappa shape index (κ3) is 5.65. The van der Waals surface area contributed by atoms with Crippen LogP contribution in [0.4, 0.5) is 0 Å². The van der Waals surface area contributed by atoms with Crippen molar-refractivity contribution < 1.29 is 14.1 Å².